The molecule has 0 radical (unpaired) electrons. The summed E-state index contributed by atoms with van der Waals surface area (Å²) in [6.45, 7) is 1.91. The zero-order valence-electron chi connectivity index (χ0n) is 10.2. The lowest BCUT2D eigenvalue weighted by atomic mass is 10.1. The summed E-state index contributed by atoms with van der Waals surface area (Å²) in [5, 5.41) is 20.7. The average Bonchev–Trinajstić information content (AvgIpc) is 2.79. The highest BCUT2D eigenvalue weighted by molar-refractivity contribution is 8.15. The van der Waals surface area contributed by atoms with E-state index in [-0.39, 0.29) is 17.5 Å². The Bertz CT molecular complexity index is 572. The number of benzene rings is 1. The van der Waals surface area contributed by atoms with Gasteiger partial charge in [0.05, 0.1) is 17.8 Å². The van der Waals surface area contributed by atoms with Gasteiger partial charge >= 0.3 is 0 Å². The second kappa shape index (κ2) is 6.08. The van der Waals surface area contributed by atoms with Crippen LogP contribution >= 0.6 is 23.4 Å². The van der Waals surface area contributed by atoms with E-state index in [1.807, 2.05) is 13.0 Å². The third kappa shape index (κ3) is 3.48. The summed E-state index contributed by atoms with van der Waals surface area (Å²) in [6.07, 6.45) is 1.44. The van der Waals surface area contributed by atoms with Crippen LogP contribution in [0.25, 0.3) is 0 Å². The molecule has 0 atom stereocenters. The molecule has 0 saturated carbocycles. The number of phenols is 1. The second-order valence-electron chi connectivity index (χ2n) is 3.98. The molecular weight excluding hydrogens is 286 g/mol. The molecular formula is C12H12ClN3O2S. The minimum Gasteiger partial charge on any atom is -0.507 e. The van der Waals surface area contributed by atoms with Gasteiger partial charge in [-0.3, -0.25) is 4.79 Å². The number of carbonyl (C=O) groups excluding carboxylic acids is 1. The minimum absolute atomic E-state index is 0.0817. The maximum atomic E-state index is 10.9. The van der Waals surface area contributed by atoms with Crippen molar-refractivity contribution < 1.29 is 9.90 Å². The quantitative estimate of drug-likeness (QED) is 0.509. The van der Waals surface area contributed by atoms with E-state index in [4.69, 9.17) is 11.6 Å². The fraction of sp³-hybridized carbons (Fsp3) is 0.250. The van der Waals surface area contributed by atoms with E-state index < -0.39 is 0 Å². The number of hydrogen-bond acceptors (Lipinski definition) is 5. The molecule has 1 fully saturated rings. The van der Waals surface area contributed by atoms with Crippen LogP contribution in [0.4, 0.5) is 0 Å². The van der Waals surface area contributed by atoms with Crippen molar-refractivity contribution in [2.45, 2.75) is 12.8 Å². The Morgan fingerprint density at radius 3 is 3.00 bits per heavy atom. The first-order valence-electron chi connectivity index (χ1n) is 5.52. The fourth-order valence-corrected chi connectivity index (χ4v) is 2.44. The Kier molecular flexibility index (Phi) is 4.44. The molecule has 0 bridgehead atoms. The van der Waals surface area contributed by atoms with Gasteiger partial charge in [-0.05, 0) is 18.6 Å². The minimum atomic E-state index is -0.0817. The highest BCUT2D eigenvalue weighted by Crippen LogP contribution is 2.24. The number of aromatic hydroxyl groups is 1. The highest BCUT2D eigenvalue weighted by Gasteiger charge is 2.16. The molecule has 5 nitrogen and oxygen atoms in total. The summed E-state index contributed by atoms with van der Waals surface area (Å²) in [7, 11) is 0. The van der Waals surface area contributed by atoms with Gasteiger partial charge in [-0.25, -0.2) is 0 Å². The van der Waals surface area contributed by atoms with Crippen molar-refractivity contribution in [1.29, 1.82) is 0 Å². The molecule has 0 aliphatic carbocycles. The Morgan fingerprint density at radius 1 is 1.58 bits per heavy atom. The average molecular weight is 298 g/mol. The van der Waals surface area contributed by atoms with Crippen LogP contribution in [0.2, 0.25) is 0 Å². The molecule has 1 amide bonds. The lowest BCUT2D eigenvalue weighted by Crippen LogP contribution is -2.19. The zero-order chi connectivity index (χ0) is 13.8. The van der Waals surface area contributed by atoms with E-state index in [0.717, 1.165) is 5.56 Å². The Labute approximate surface area is 119 Å². The lowest BCUT2D eigenvalue weighted by Gasteiger charge is -2.05. The number of amides is 1. The van der Waals surface area contributed by atoms with E-state index in [9.17, 15) is 9.90 Å². The van der Waals surface area contributed by atoms with Crippen molar-refractivity contribution in [2.75, 3.05) is 5.75 Å². The van der Waals surface area contributed by atoms with Gasteiger partial charge in [-0.2, -0.15) is 5.10 Å². The topological polar surface area (TPSA) is 74.0 Å². The van der Waals surface area contributed by atoms with Crippen LogP contribution in [0.1, 0.15) is 16.7 Å². The lowest BCUT2D eigenvalue weighted by molar-refractivity contribution is -0.116. The molecule has 100 valence electrons. The van der Waals surface area contributed by atoms with E-state index in [2.05, 4.69) is 15.5 Å². The Hall–Kier alpha value is -1.53. The third-order valence-electron chi connectivity index (χ3n) is 2.44. The standard InChI is InChI=1S/C12H12ClN3O2S/c1-7-2-8(4-13)11(18)9(3-7)5-14-16-12-15-10(17)6-19-12/h2-3,5,18H,4,6H2,1H3,(H,15,16,17). The van der Waals surface area contributed by atoms with Crippen molar-refractivity contribution in [3.8, 4) is 5.75 Å². The van der Waals surface area contributed by atoms with E-state index in [1.165, 1.54) is 18.0 Å². The predicted octanol–water partition coefficient (Wildman–Crippen LogP) is 1.99. The van der Waals surface area contributed by atoms with Gasteiger partial charge in [0, 0.05) is 11.1 Å². The maximum absolute atomic E-state index is 10.9. The number of rotatable bonds is 3. The molecule has 1 aromatic carbocycles. The van der Waals surface area contributed by atoms with E-state index in [0.29, 0.717) is 22.0 Å². The molecule has 1 aliphatic rings. The van der Waals surface area contributed by atoms with Crippen LogP contribution in [0.3, 0.4) is 0 Å². The van der Waals surface area contributed by atoms with E-state index in [1.54, 1.807) is 6.07 Å². The summed E-state index contributed by atoms with van der Waals surface area (Å²) < 4.78 is 0. The number of aryl methyl sites for hydroxylation is 1. The Morgan fingerprint density at radius 2 is 2.37 bits per heavy atom. The molecule has 0 aromatic heterocycles. The smallest absolute Gasteiger partial charge is 0.236 e. The largest absolute Gasteiger partial charge is 0.507 e. The normalized spacial score (nSPS) is 17.4. The molecule has 1 heterocycles. The van der Waals surface area contributed by atoms with Crippen LogP contribution in [0.5, 0.6) is 5.75 Å². The molecule has 1 aromatic rings. The van der Waals surface area contributed by atoms with Crippen LogP contribution in [-0.4, -0.2) is 28.1 Å². The van der Waals surface area contributed by atoms with Crippen LogP contribution < -0.4 is 5.32 Å². The monoisotopic (exact) mass is 297 g/mol. The van der Waals surface area contributed by atoms with Gasteiger partial charge in [0.2, 0.25) is 5.91 Å². The number of alkyl halides is 1. The highest BCUT2D eigenvalue weighted by atomic mass is 35.5. The molecule has 0 spiro atoms. The van der Waals surface area contributed by atoms with Gasteiger partial charge < -0.3 is 10.4 Å². The number of nitrogens with one attached hydrogen (secondary N) is 1. The first-order valence-corrected chi connectivity index (χ1v) is 7.04. The molecule has 7 heteroatoms. The summed E-state index contributed by atoms with van der Waals surface area (Å²) in [5.74, 6) is 0.615. The van der Waals surface area contributed by atoms with Gasteiger partial charge in [0.1, 0.15) is 5.75 Å². The third-order valence-corrected chi connectivity index (χ3v) is 3.59. The number of hydrogen-bond donors (Lipinski definition) is 2. The first-order chi connectivity index (χ1) is 9.10. The molecule has 0 unspecified atom stereocenters. The number of nitrogens with zero attached hydrogens (tertiary/aromatic N) is 2. The predicted molar refractivity (Wildman–Crippen MR) is 78.0 cm³/mol. The van der Waals surface area contributed by atoms with Crippen molar-refractivity contribution in [1.82, 2.24) is 5.32 Å². The van der Waals surface area contributed by atoms with Gasteiger partial charge in [-0.1, -0.05) is 17.8 Å². The maximum Gasteiger partial charge on any atom is 0.236 e. The number of halogens is 1. The van der Waals surface area contributed by atoms with Gasteiger partial charge in [0.15, 0.2) is 5.17 Å². The molecule has 2 N–H and O–H groups in total. The number of carbonyl (C=O) groups is 1. The first kappa shape index (κ1) is 13.9. The van der Waals surface area contributed by atoms with Gasteiger partial charge in [0.25, 0.3) is 0 Å². The van der Waals surface area contributed by atoms with Crippen molar-refractivity contribution in [3.63, 3.8) is 0 Å². The van der Waals surface area contributed by atoms with Crippen LogP contribution in [-0.2, 0) is 10.7 Å². The number of phenolic OH excluding ortho intramolecular Hbond substituents is 1. The molecule has 1 aliphatic heterocycles. The summed E-state index contributed by atoms with van der Waals surface area (Å²) in [6, 6.07) is 3.61. The fourth-order valence-electron chi connectivity index (χ4n) is 1.61. The molecule has 19 heavy (non-hydrogen) atoms. The van der Waals surface area contributed by atoms with Crippen LogP contribution in [0.15, 0.2) is 22.3 Å². The van der Waals surface area contributed by atoms with Crippen molar-refractivity contribution in [3.05, 3.63) is 28.8 Å². The van der Waals surface area contributed by atoms with Gasteiger partial charge in [-0.15, -0.1) is 16.7 Å². The summed E-state index contributed by atoms with van der Waals surface area (Å²) in [4.78, 5) is 10.9. The zero-order valence-corrected chi connectivity index (χ0v) is 11.8. The Balaban J connectivity index is 2.19. The second-order valence-corrected chi connectivity index (χ2v) is 5.21. The SMILES string of the molecule is Cc1cc(C=NN=C2NC(=O)CS2)c(O)c(CCl)c1. The van der Waals surface area contributed by atoms with Crippen molar-refractivity contribution in [2.24, 2.45) is 10.2 Å². The molecule has 1 saturated heterocycles. The number of thioether (sulfide) groups is 1. The number of amidine groups is 1. The molecule has 2 rings (SSSR count). The summed E-state index contributed by atoms with van der Waals surface area (Å²) in [5.41, 5.74) is 2.18. The van der Waals surface area contributed by atoms with E-state index >= 15 is 0 Å². The van der Waals surface area contributed by atoms with Crippen LogP contribution in [0, 0.1) is 6.92 Å². The van der Waals surface area contributed by atoms with Crippen molar-refractivity contribution >= 4 is 40.7 Å². The summed E-state index contributed by atoms with van der Waals surface area (Å²) >= 11 is 7.04.